The first-order valence-corrected chi connectivity index (χ1v) is 10.7. The number of nitrogens with zero attached hydrogens (tertiary/aromatic N) is 2. The molecule has 0 spiro atoms. The quantitative estimate of drug-likeness (QED) is 0.693. The van der Waals surface area contributed by atoms with Crippen LogP contribution in [0.25, 0.3) is 0 Å². The summed E-state index contributed by atoms with van der Waals surface area (Å²) in [6, 6.07) is 9.61. The number of rotatable bonds is 5. The van der Waals surface area contributed by atoms with Crippen molar-refractivity contribution in [3.8, 4) is 0 Å². The predicted molar refractivity (Wildman–Crippen MR) is 105 cm³/mol. The van der Waals surface area contributed by atoms with E-state index in [1.807, 2.05) is 12.1 Å². The summed E-state index contributed by atoms with van der Waals surface area (Å²) in [4.78, 5) is 1.52. The zero-order valence-electron chi connectivity index (χ0n) is 15.6. The molecule has 1 heterocycles. The van der Waals surface area contributed by atoms with Crippen molar-refractivity contribution in [1.82, 2.24) is 4.31 Å². The molecule has 1 saturated heterocycles. The van der Waals surface area contributed by atoms with Crippen molar-refractivity contribution >= 4 is 27.3 Å². The first kappa shape index (κ1) is 21.9. The van der Waals surface area contributed by atoms with Crippen molar-refractivity contribution in [2.45, 2.75) is 17.6 Å². The minimum absolute atomic E-state index is 0.0115. The molecular formula is C19H20ClF3N2O3S. The van der Waals surface area contributed by atoms with Crippen LogP contribution < -0.4 is 4.90 Å². The molecule has 10 heteroatoms. The van der Waals surface area contributed by atoms with Crippen molar-refractivity contribution in [3.05, 3.63) is 58.6 Å². The van der Waals surface area contributed by atoms with Crippen LogP contribution in [0.1, 0.15) is 11.1 Å². The highest BCUT2D eigenvalue weighted by molar-refractivity contribution is 7.89. The lowest BCUT2D eigenvalue weighted by Crippen LogP contribution is -2.37. The van der Waals surface area contributed by atoms with Crippen molar-refractivity contribution in [2.75, 3.05) is 38.3 Å². The third-order valence-electron chi connectivity index (χ3n) is 4.68. The van der Waals surface area contributed by atoms with E-state index >= 15 is 0 Å². The van der Waals surface area contributed by atoms with Gasteiger partial charge >= 0.3 is 6.18 Å². The van der Waals surface area contributed by atoms with Gasteiger partial charge in [-0.05, 0) is 29.8 Å². The van der Waals surface area contributed by atoms with Gasteiger partial charge in [0.2, 0.25) is 10.0 Å². The molecule has 0 bridgehead atoms. The number of hydrogen-bond acceptors (Lipinski definition) is 4. The Morgan fingerprint density at radius 3 is 2.45 bits per heavy atom. The van der Waals surface area contributed by atoms with Crippen LogP contribution in [0.15, 0.2) is 47.4 Å². The maximum Gasteiger partial charge on any atom is 0.416 e. The Hall–Kier alpha value is -1.81. The van der Waals surface area contributed by atoms with Crippen LogP contribution in [0.4, 0.5) is 18.9 Å². The molecule has 158 valence electrons. The molecule has 29 heavy (non-hydrogen) atoms. The van der Waals surface area contributed by atoms with E-state index in [2.05, 4.69) is 4.90 Å². The van der Waals surface area contributed by atoms with E-state index in [9.17, 15) is 21.6 Å². The van der Waals surface area contributed by atoms with Crippen molar-refractivity contribution in [1.29, 1.82) is 0 Å². The number of halogens is 4. The third-order valence-corrected chi connectivity index (χ3v) is 6.97. The lowest BCUT2D eigenvalue weighted by molar-refractivity contribution is -0.137. The molecule has 0 aromatic heterocycles. The SMILES string of the molecule is CN(Cc1ccccc1N1CCOCC1)S(=O)(=O)c1cc(C(F)(F)F)ccc1Cl. The summed E-state index contributed by atoms with van der Waals surface area (Å²) in [5.74, 6) is 0. The van der Waals surface area contributed by atoms with Crippen LogP contribution in [0.2, 0.25) is 5.02 Å². The molecular weight excluding hydrogens is 429 g/mol. The molecule has 0 atom stereocenters. The summed E-state index contributed by atoms with van der Waals surface area (Å²) in [6.07, 6.45) is -4.67. The second-order valence-electron chi connectivity index (χ2n) is 6.63. The molecule has 1 aliphatic rings. The van der Waals surface area contributed by atoms with E-state index in [0.29, 0.717) is 32.4 Å². The number of benzene rings is 2. The largest absolute Gasteiger partial charge is 0.416 e. The average Bonchev–Trinajstić information content (AvgIpc) is 2.68. The van der Waals surface area contributed by atoms with Crippen LogP contribution in [0.5, 0.6) is 0 Å². The van der Waals surface area contributed by atoms with Crippen LogP contribution in [0, 0.1) is 0 Å². The van der Waals surface area contributed by atoms with E-state index in [1.54, 1.807) is 12.1 Å². The van der Waals surface area contributed by atoms with Gasteiger partial charge in [0.15, 0.2) is 0 Å². The highest BCUT2D eigenvalue weighted by Gasteiger charge is 2.34. The normalized spacial score (nSPS) is 15.7. The lowest BCUT2D eigenvalue weighted by atomic mass is 10.1. The fourth-order valence-electron chi connectivity index (χ4n) is 3.13. The van der Waals surface area contributed by atoms with E-state index in [4.69, 9.17) is 16.3 Å². The number of alkyl halides is 3. The van der Waals surface area contributed by atoms with E-state index in [0.717, 1.165) is 27.7 Å². The van der Waals surface area contributed by atoms with E-state index < -0.39 is 26.7 Å². The highest BCUT2D eigenvalue weighted by Crippen LogP contribution is 2.34. The number of hydrogen-bond donors (Lipinski definition) is 0. The zero-order chi connectivity index (χ0) is 21.2. The van der Waals surface area contributed by atoms with Gasteiger partial charge in [-0.3, -0.25) is 0 Å². The molecule has 2 aromatic carbocycles. The van der Waals surface area contributed by atoms with Crippen molar-refractivity contribution in [2.24, 2.45) is 0 Å². The molecule has 3 rings (SSSR count). The summed E-state index contributed by atoms with van der Waals surface area (Å²) in [5.41, 5.74) is 0.541. The molecule has 2 aromatic rings. The highest BCUT2D eigenvalue weighted by atomic mass is 35.5. The average molecular weight is 449 g/mol. The number of para-hydroxylation sites is 1. The molecule has 0 radical (unpaired) electrons. The van der Waals surface area contributed by atoms with Gasteiger partial charge in [-0.15, -0.1) is 0 Å². The standard InChI is InChI=1S/C19H20ClF3N2O3S/c1-24(13-14-4-2-3-5-17(14)25-8-10-28-11-9-25)29(26,27)18-12-15(19(21,22)23)6-7-16(18)20/h2-7,12H,8-11,13H2,1H3. The van der Waals surface area contributed by atoms with Crippen molar-refractivity contribution < 1.29 is 26.3 Å². The molecule has 0 unspecified atom stereocenters. The van der Waals surface area contributed by atoms with Crippen LogP contribution in [-0.4, -0.2) is 46.1 Å². The van der Waals surface area contributed by atoms with Gasteiger partial charge in [0.1, 0.15) is 4.90 Å². The minimum Gasteiger partial charge on any atom is -0.378 e. The number of ether oxygens (including phenoxy) is 1. The molecule has 0 saturated carbocycles. The summed E-state index contributed by atoms with van der Waals surface area (Å²) in [6.45, 7) is 2.48. The maximum absolute atomic E-state index is 13.0. The second-order valence-corrected chi connectivity index (χ2v) is 9.05. The second kappa shape index (κ2) is 8.51. The molecule has 1 fully saturated rings. The summed E-state index contributed by atoms with van der Waals surface area (Å²) in [5, 5.41) is -0.258. The topological polar surface area (TPSA) is 49.9 Å². The van der Waals surface area contributed by atoms with E-state index in [-0.39, 0.29) is 11.6 Å². The Labute approximate surface area is 172 Å². The Morgan fingerprint density at radius 2 is 1.79 bits per heavy atom. The Morgan fingerprint density at radius 1 is 1.14 bits per heavy atom. The predicted octanol–water partition coefficient (Wildman–Crippen LogP) is 4.02. The maximum atomic E-state index is 13.0. The van der Waals surface area contributed by atoms with Gasteiger partial charge in [0.25, 0.3) is 0 Å². The third kappa shape index (κ3) is 4.85. The van der Waals surface area contributed by atoms with Crippen molar-refractivity contribution in [3.63, 3.8) is 0 Å². The van der Waals surface area contributed by atoms with Gasteiger partial charge in [0.05, 0.1) is 23.8 Å². The number of anilines is 1. The Bertz CT molecular complexity index is 977. The van der Waals surface area contributed by atoms with Gasteiger partial charge in [-0.2, -0.15) is 17.5 Å². The van der Waals surface area contributed by atoms with Gasteiger partial charge in [-0.1, -0.05) is 29.8 Å². The van der Waals surface area contributed by atoms with Crippen LogP contribution in [-0.2, 0) is 27.5 Å². The molecule has 0 aliphatic carbocycles. The van der Waals surface area contributed by atoms with Gasteiger partial charge in [0, 0.05) is 32.4 Å². The van der Waals surface area contributed by atoms with Gasteiger partial charge in [-0.25, -0.2) is 8.42 Å². The fourth-order valence-corrected chi connectivity index (χ4v) is 4.77. The first-order chi connectivity index (χ1) is 13.6. The molecule has 1 aliphatic heterocycles. The Balaban J connectivity index is 1.91. The zero-order valence-corrected chi connectivity index (χ0v) is 17.2. The summed E-state index contributed by atoms with van der Waals surface area (Å²) in [7, 11) is -2.92. The van der Waals surface area contributed by atoms with Crippen LogP contribution >= 0.6 is 11.6 Å². The summed E-state index contributed by atoms with van der Waals surface area (Å²) >= 11 is 5.94. The van der Waals surface area contributed by atoms with Crippen LogP contribution in [0.3, 0.4) is 0 Å². The lowest BCUT2D eigenvalue weighted by Gasteiger charge is -2.31. The summed E-state index contributed by atoms with van der Waals surface area (Å²) < 4.78 is 71.4. The van der Waals surface area contributed by atoms with Gasteiger partial charge < -0.3 is 9.64 Å². The number of sulfonamides is 1. The smallest absolute Gasteiger partial charge is 0.378 e. The first-order valence-electron chi connectivity index (χ1n) is 8.84. The fraction of sp³-hybridized carbons (Fsp3) is 0.368. The molecule has 0 amide bonds. The minimum atomic E-state index is -4.67. The molecule has 0 N–H and O–H groups in total. The number of morpholine rings is 1. The van der Waals surface area contributed by atoms with E-state index in [1.165, 1.54) is 7.05 Å². The monoisotopic (exact) mass is 448 g/mol. The Kier molecular flexibility index (Phi) is 6.42. The molecule has 5 nitrogen and oxygen atoms in total.